The first-order valence-electron chi connectivity index (χ1n) is 6.78. The predicted molar refractivity (Wildman–Crippen MR) is 77.2 cm³/mol. The topological polar surface area (TPSA) is 92.4 Å². The minimum absolute atomic E-state index is 0.118. The third kappa shape index (κ3) is 6.33. The van der Waals surface area contributed by atoms with E-state index in [1.165, 1.54) is 0 Å². The predicted octanol–water partition coefficient (Wildman–Crippen LogP) is 1.17. The Morgan fingerprint density at radius 3 is 2.55 bits per heavy atom. The van der Waals surface area contributed by atoms with E-state index in [0.717, 1.165) is 5.56 Å². The molecule has 0 fully saturated rings. The lowest BCUT2D eigenvalue weighted by Gasteiger charge is -2.15. The van der Waals surface area contributed by atoms with Crippen LogP contribution in [0.5, 0.6) is 0 Å². The Bertz CT molecular complexity index is 434. The number of benzene rings is 1. The van der Waals surface area contributed by atoms with Gasteiger partial charge in [0.1, 0.15) is 0 Å². The molecule has 110 valence electrons. The lowest BCUT2D eigenvalue weighted by atomic mass is 10.0. The van der Waals surface area contributed by atoms with Gasteiger partial charge in [-0.1, -0.05) is 37.3 Å². The van der Waals surface area contributed by atoms with Crippen LogP contribution in [0.25, 0.3) is 0 Å². The van der Waals surface area contributed by atoms with Crippen LogP contribution in [0.15, 0.2) is 30.3 Å². The molecule has 20 heavy (non-hydrogen) atoms. The van der Waals surface area contributed by atoms with Gasteiger partial charge in [-0.2, -0.15) is 0 Å². The molecular weight excluding hydrogens is 256 g/mol. The highest BCUT2D eigenvalue weighted by Crippen LogP contribution is 2.05. The van der Waals surface area contributed by atoms with Gasteiger partial charge < -0.3 is 16.2 Å². The number of carbonyl (C=O) groups is 2. The van der Waals surface area contributed by atoms with Gasteiger partial charge in [-0.3, -0.25) is 9.59 Å². The van der Waals surface area contributed by atoms with E-state index in [4.69, 9.17) is 10.8 Å². The van der Waals surface area contributed by atoms with E-state index in [-0.39, 0.29) is 18.2 Å². The summed E-state index contributed by atoms with van der Waals surface area (Å²) in [6, 6.07) is 9.02. The summed E-state index contributed by atoms with van der Waals surface area (Å²) < 4.78 is 0. The molecule has 1 aromatic rings. The lowest BCUT2D eigenvalue weighted by Crippen LogP contribution is -2.43. The van der Waals surface area contributed by atoms with Crippen LogP contribution in [-0.4, -0.2) is 29.6 Å². The molecule has 1 rings (SSSR count). The Labute approximate surface area is 119 Å². The van der Waals surface area contributed by atoms with Gasteiger partial charge in [0.15, 0.2) is 0 Å². The molecule has 2 atom stereocenters. The molecule has 0 saturated heterocycles. The van der Waals surface area contributed by atoms with Gasteiger partial charge in [-0.05, 0) is 24.3 Å². The Hall–Kier alpha value is -1.88. The molecule has 1 amide bonds. The van der Waals surface area contributed by atoms with Gasteiger partial charge >= 0.3 is 5.97 Å². The molecule has 4 N–H and O–H groups in total. The van der Waals surface area contributed by atoms with Crippen LogP contribution in [0.3, 0.4) is 0 Å². The van der Waals surface area contributed by atoms with Crippen molar-refractivity contribution in [2.45, 2.75) is 32.2 Å². The first-order chi connectivity index (χ1) is 9.49. The fourth-order valence-corrected chi connectivity index (χ4v) is 1.84. The van der Waals surface area contributed by atoms with Crippen LogP contribution >= 0.6 is 0 Å². The molecular formula is C15H22N2O3. The number of carbonyl (C=O) groups excluding carboxylic acids is 1. The van der Waals surface area contributed by atoms with Crippen molar-refractivity contribution < 1.29 is 14.7 Å². The maximum absolute atomic E-state index is 11.8. The fraction of sp³-hybridized carbons (Fsp3) is 0.467. The maximum Gasteiger partial charge on any atom is 0.303 e. The van der Waals surface area contributed by atoms with Crippen molar-refractivity contribution >= 4 is 11.9 Å². The summed E-state index contributed by atoms with van der Waals surface area (Å²) in [5.41, 5.74) is 6.87. The summed E-state index contributed by atoms with van der Waals surface area (Å²) in [5, 5.41) is 11.4. The molecule has 0 saturated carbocycles. The minimum Gasteiger partial charge on any atom is -0.481 e. The number of hydrogen-bond donors (Lipinski definition) is 3. The monoisotopic (exact) mass is 278 g/mol. The van der Waals surface area contributed by atoms with E-state index in [1.807, 2.05) is 37.3 Å². The van der Waals surface area contributed by atoms with E-state index in [9.17, 15) is 9.59 Å². The highest BCUT2D eigenvalue weighted by atomic mass is 16.4. The number of aliphatic carboxylic acids is 1. The Morgan fingerprint density at radius 1 is 1.30 bits per heavy atom. The van der Waals surface area contributed by atoms with Gasteiger partial charge in [0.05, 0.1) is 6.04 Å². The van der Waals surface area contributed by atoms with Crippen LogP contribution < -0.4 is 11.1 Å². The molecule has 0 spiro atoms. The lowest BCUT2D eigenvalue weighted by molar-refractivity contribution is -0.137. The van der Waals surface area contributed by atoms with E-state index in [1.54, 1.807) is 0 Å². The Kier molecular flexibility index (Phi) is 6.73. The van der Waals surface area contributed by atoms with Gasteiger partial charge in [0.25, 0.3) is 0 Å². The smallest absolute Gasteiger partial charge is 0.303 e. The van der Waals surface area contributed by atoms with Crippen molar-refractivity contribution in [2.75, 3.05) is 6.54 Å². The zero-order valence-electron chi connectivity index (χ0n) is 11.7. The number of nitrogens with two attached hydrogens (primary N) is 1. The Balaban J connectivity index is 2.29. The highest BCUT2D eigenvalue weighted by Gasteiger charge is 2.15. The van der Waals surface area contributed by atoms with Crippen molar-refractivity contribution in [3.8, 4) is 0 Å². The van der Waals surface area contributed by atoms with Crippen LogP contribution in [0.4, 0.5) is 0 Å². The quantitative estimate of drug-likeness (QED) is 0.665. The van der Waals surface area contributed by atoms with Crippen LogP contribution in [0.1, 0.15) is 25.3 Å². The summed E-state index contributed by atoms with van der Waals surface area (Å²) in [6.07, 6.45) is 1.16. The molecule has 5 nitrogen and oxygen atoms in total. The largest absolute Gasteiger partial charge is 0.481 e. The average Bonchev–Trinajstić information content (AvgIpc) is 2.43. The van der Waals surface area contributed by atoms with Crippen molar-refractivity contribution in [2.24, 2.45) is 11.7 Å². The van der Waals surface area contributed by atoms with Crippen molar-refractivity contribution in [3.63, 3.8) is 0 Å². The van der Waals surface area contributed by atoms with Gasteiger partial charge in [0.2, 0.25) is 5.91 Å². The van der Waals surface area contributed by atoms with E-state index in [2.05, 4.69) is 5.32 Å². The first kappa shape index (κ1) is 16.2. The summed E-state index contributed by atoms with van der Waals surface area (Å²) in [4.78, 5) is 22.3. The molecule has 1 unspecified atom stereocenters. The molecule has 0 aliphatic rings. The second-order valence-electron chi connectivity index (χ2n) is 5.08. The van der Waals surface area contributed by atoms with Crippen molar-refractivity contribution in [1.82, 2.24) is 5.32 Å². The zero-order chi connectivity index (χ0) is 15.0. The fourth-order valence-electron chi connectivity index (χ4n) is 1.84. The number of hydrogen-bond acceptors (Lipinski definition) is 3. The third-order valence-corrected chi connectivity index (χ3v) is 3.11. The zero-order valence-corrected chi connectivity index (χ0v) is 11.7. The summed E-state index contributed by atoms with van der Waals surface area (Å²) in [7, 11) is 0. The molecule has 0 aliphatic heterocycles. The Morgan fingerprint density at radius 2 is 1.95 bits per heavy atom. The minimum atomic E-state index is -0.816. The molecule has 0 aromatic heterocycles. The number of rotatable bonds is 8. The number of amides is 1. The molecule has 0 heterocycles. The molecule has 0 radical (unpaired) electrons. The standard InChI is InChI=1S/C15H22N2O3/c1-11(7-8-14(18)19)10-17-15(20)13(16)9-12-5-3-2-4-6-12/h2-6,11,13H,7-10,16H2,1H3,(H,17,20)(H,18,19)/t11?,13-/m1/s1. The van der Waals surface area contributed by atoms with E-state index >= 15 is 0 Å². The third-order valence-electron chi connectivity index (χ3n) is 3.11. The first-order valence-corrected chi connectivity index (χ1v) is 6.78. The van der Waals surface area contributed by atoms with Crippen molar-refractivity contribution in [3.05, 3.63) is 35.9 Å². The maximum atomic E-state index is 11.8. The van der Waals surface area contributed by atoms with Crippen LogP contribution in [0.2, 0.25) is 0 Å². The molecule has 1 aromatic carbocycles. The van der Waals surface area contributed by atoms with Crippen LogP contribution in [-0.2, 0) is 16.0 Å². The molecule has 0 aliphatic carbocycles. The van der Waals surface area contributed by atoms with Gasteiger partial charge in [0, 0.05) is 13.0 Å². The molecule has 5 heteroatoms. The van der Waals surface area contributed by atoms with Gasteiger partial charge in [-0.25, -0.2) is 0 Å². The number of carboxylic acid groups (broad SMARTS) is 1. The van der Waals surface area contributed by atoms with Crippen LogP contribution in [0, 0.1) is 5.92 Å². The SMILES string of the molecule is CC(CCC(=O)O)CNC(=O)[C@H](N)Cc1ccccc1. The number of carboxylic acids is 1. The second-order valence-corrected chi connectivity index (χ2v) is 5.08. The highest BCUT2D eigenvalue weighted by molar-refractivity contribution is 5.81. The normalized spacial score (nSPS) is 13.5. The van der Waals surface area contributed by atoms with Crippen molar-refractivity contribution in [1.29, 1.82) is 0 Å². The average molecular weight is 278 g/mol. The second kappa shape index (κ2) is 8.32. The summed E-state index contributed by atoms with van der Waals surface area (Å²) in [6.45, 7) is 2.36. The van der Waals surface area contributed by atoms with E-state index in [0.29, 0.717) is 19.4 Å². The summed E-state index contributed by atoms with van der Waals surface area (Å²) >= 11 is 0. The summed E-state index contributed by atoms with van der Waals surface area (Å²) in [5.74, 6) is -0.890. The van der Waals surface area contributed by atoms with Gasteiger partial charge in [-0.15, -0.1) is 0 Å². The molecule has 0 bridgehead atoms. The van der Waals surface area contributed by atoms with E-state index < -0.39 is 12.0 Å². The number of nitrogens with one attached hydrogen (secondary N) is 1.